The number of aliphatic imine (C=N–C) groups is 1. The average Bonchev–Trinajstić information content (AvgIpc) is 2.79. The molecule has 0 saturated heterocycles. The Balaban J connectivity index is 1.75. The molecule has 0 bridgehead atoms. The van der Waals surface area contributed by atoms with Gasteiger partial charge < -0.3 is 4.90 Å². The Bertz CT molecular complexity index is 1270. The highest BCUT2D eigenvalue weighted by Gasteiger charge is 2.35. The van der Waals surface area contributed by atoms with Crippen molar-refractivity contribution in [2.24, 2.45) is 4.99 Å². The van der Waals surface area contributed by atoms with Gasteiger partial charge >= 0.3 is 0 Å². The molecule has 5 rings (SSSR count). The molecule has 0 aromatic heterocycles. The van der Waals surface area contributed by atoms with Crippen LogP contribution in [0.5, 0.6) is 0 Å². The molecule has 1 heterocycles. The van der Waals surface area contributed by atoms with E-state index in [-0.39, 0.29) is 11.5 Å². The maximum atomic E-state index is 11.6. The molecule has 0 N–H and O–H groups in total. The van der Waals surface area contributed by atoms with E-state index < -0.39 is 6.04 Å². The van der Waals surface area contributed by atoms with Crippen LogP contribution >= 0.6 is 0 Å². The van der Waals surface area contributed by atoms with Gasteiger partial charge in [0.2, 0.25) is 6.54 Å². The first-order valence-corrected chi connectivity index (χ1v) is 9.83. The fraction of sp³-hybridized carbons (Fsp3) is 0.0800. The molecule has 0 radical (unpaired) electrons. The Hall–Kier alpha value is -3.99. The largest absolute Gasteiger partial charge is 0.312 e. The van der Waals surface area contributed by atoms with Gasteiger partial charge in [0.05, 0.1) is 5.69 Å². The average molecular weight is 393 g/mol. The summed E-state index contributed by atoms with van der Waals surface area (Å²) in [5.74, 6) is 0.720. The summed E-state index contributed by atoms with van der Waals surface area (Å²) in [5.41, 5.74) is 3.45. The summed E-state index contributed by atoms with van der Waals surface area (Å²) in [7, 11) is 0. The number of hydrogen-bond acceptors (Lipinski definition) is 4. The molecule has 0 aliphatic carbocycles. The lowest BCUT2D eigenvalue weighted by molar-refractivity contribution is -0.483. The lowest BCUT2D eigenvalue weighted by Gasteiger charge is -2.36. The van der Waals surface area contributed by atoms with Crippen molar-refractivity contribution >= 4 is 28.0 Å². The van der Waals surface area contributed by atoms with Crippen LogP contribution in [0.15, 0.2) is 102 Å². The van der Waals surface area contributed by atoms with Gasteiger partial charge in [-0.2, -0.15) is 0 Å². The van der Waals surface area contributed by atoms with E-state index in [1.165, 1.54) is 0 Å². The van der Waals surface area contributed by atoms with Crippen molar-refractivity contribution in [2.45, 2.75) is 6.04 Å². The molecular formula is C25H19N3O2. The molecule has 4 aromatic carbocycles. The third kappa shape index (κ3) is 3.20. The van der Waals surface area contributed by atoms with E-state index in [4.69, 9.17) is 4.99 Å². The topological polar surface area (TPSA) is 58.7 Å². The summed E-state index contributed by atoms with van der Waals surface area (Å²) < 4.78 is 0. The first kappa shape index (κ1) is 18.1. The number of nitrogens with zero attached hydrogens (tertiary/aromatic N) is 3. The zero-order valence-corrected chi connectivity index (χ0v) is 16.2. The molecule has 146 valence electrons. The fourth-order valence-electron chi connectivity index (χ4n) is 4.07. The third-order valence-corrected chi connectivity index (χ3v) is 5.43. The summed E-state index contributed by atoms with van der Waals surface area (Å²) in [5, 5.41) is 13.9. The minimum Gasteiger partial charge on any atom is -0.312 e. The lowest BCUT2D eigenvalue weighted by atomic mass is 9.97. The van der Waals surface area contributed by atoms with Gasteiger partial charge in [-0.05, 0) is 35.0 Å². The van der Waals surface area contributed by atoms with Crippen molar-refractivity contribution < 1.29 is 4.92 Å². The number of hydrogen-bond donors (Lipinski definition) is 0. The normalized spacial score (nSPS) is 15.5. The molecule has 0 amide bonds. The molecule has 0 spiro atoms. The molecule has 1 aliphatic heterocycles. The van der Waals surface area contributed by atoms with Crippen LogP contribution in [-0.4, -0.2) is 17.3 Å². The number of benzene rings is 4. The zero-order valence-electron chi connectivity index (χ0n) is 16.2. The van der Waals surface area contributed by atoms with Crippen LogP contribution in [-0.2, 0) is 0 Å². The first-order chi connectivity index (χ1) is 14.7. The van der Waals surface area contributed by atoms with Crippen molar-refractivity contribution in [3.63, 3.8) is 0 Å². The van der Waals surface area contributed by atoms with Crippen LogP contribution in [0.2, 0.25) is 0 Å². The van der Waals surface area contributed by atoms with Gasteiger partial charge in [-0.1, -0.05) is 72.8 Å². The molecule has 1 unspecified atom stereocenters. The van der Waals surface area contributed by atoms with Gasteiger partial charge in [0, 0.05) is 21.7 Å². The SMILES string of the molecule is O=[N+]([O-])CC1c2ccccc2N=C(c2ccc3ccccc3c2)N1c1ccccc1. The van der Waals surface area contributed by atoms with Gasteiger partial charge in [0.15, 0.2) is 0 Å². The van der Waals surface area contributed by atoms with E-state index in [0.29, 0.717) is 0 Å². The van der Waals surface area contributed by atoms with Crippen molar-refractivity contribution in [3.05, 3.63) is 118 Å². The number of rotatable bonds is 4. The lowest BCUT2D eigenvalue weighted by Crippen LogP contribution is -2.41. The predicted molar refractivity (Wildman–Crippen MR) is 120 cm³/mol. The van der Waals surface area contributed by atoms with E-state index in [2.05, 4.69) is 24.3 Å². The third-order valence-electron chi connectivity index (χ3n) is 5.43. The van der Waals surface area contributed by atoms with Gasteiger partial charge in [-0.15, -0.1) is 0 Å². The number of fused-ring (bicyclic) bond motifs is 2. The second-order valence-corrected chi connectivity index (χ2v) is 7.29. The molecule has 0 saturated carbocycles. The number of para-hydroxylation sites is 2. The highest BCUT2D eigenvalue weighted by atomic mass is 16.6. The molecule has 30 heavy (non-hydrogen) atoms. The van der Waals surface area contributed by atoms with E-state index in [9.17, 15) is 10.1 Å². The predicted octanol–water partition coefficient (Wildman–Crippen LogP) is 5.76. The Kier molecular flexibility index (Phi) is 4.48. The minimum absolute atomic E-state index is 0.210. The van der Waals surface area contributed by atoms with E-state index in [0.717, 1.165) is 39.1 Å². The van der Waals surface area contributed by atoms with Crippen LogP contribution in [0.4, 0.5) is 11.4 Å². The summed E-state index contributed by atoms with van der Waals surface area (Å²) in [4.78, 5) is 18.3. The highest BCUT2D eigenvalue weighted by Crippen LogP contribution is 2.39. The molecule has 1 aliphatic rings. The van der Waals surface area contributed by atoms with E-state index >= 15 is 0 Å². The summed E-state index contributed by atoms with van der Waals surface area (Å²) in [6.07, 6.45) is 0. The van der Waals surface area contributed by atoms with Crippen molar-refractivity contribution in [3.8, 4) is 0 Å². The quantitative estimate of drug-likeness (QED) is 0.327. The number of amidine groups is 1. The second-order valence-electron chi connectivity index (χ2n) is 7.29. The number of anilines is 1. The van der Waals surface area contributed by atoms with Crippen LogP contribution in [0.3, 0.4) is 0 Å². The smallest absolute Gasteiger partial charge is 0.228 e. The second kappa shape index (κ2) is 7.44. The minimum atomic E-state index is -0.447. The van der Waals surface area contributed by atoms with Gasteiger partial charge in [0.1, 0.15) is 11.9 Å². The first-order valence-electron chi connectivity index (χ1n) is 9.83. The summed E-state index contributed by atoms with van der Waals surface area (Å²) in [6, 6.07) is 31.4. The Labute approximate surface area is 174 Å². The van der Waals surface area contributed by atoms with Crippen LogP contribution in [0.1, 0.15) is 17.2 Å². The summed E-state index contributed by atoms with van der Waals surface area (Å²) >= 11 is 0. The standard InChI is InChI=1S/C25H19N3O2/c29-27(30)17-24-22-12-6-7-13-23(22)26-25(28(24)21-10-2-1-3-11-21)20-15-14-18-8-4-5-9-19(18)16-20/h1-16,24H,17H2. The Morgan fingerprint density at radius 3 is 2.33 bits per heavy atom. The van der Waals surface area contributed by atoms with Gasteiger partial charge in [-0.3, -0.25) is 10.1 Å². The maximum Gasteiger partial charge on any atom is 0.228 e. The zero-order chi connectivity index (χ0) is 20.5. The molecule has 0 fully saturated rings. The van der Waals surface area contributed by atoms with Gasteiger partial charge in [0.25, 0.3) is 0 Å². The monoisotopic (exact) mass is 393 g/mol. The molecule has 5 nitrogen and oxygen atoms in total. The Morgan fingerprint density at radius 1 is 0.833 bits per heavy atom. The fourth-order valence-corrected chi connectivity index (χ4v) is 4.07. The molecule has 4 aromatic rings. The van der Waals surface area contributed by atoms with Crippen molar-refractivity contribution in [1.29, 1.82) is 0 Å². The van der Waals surface area contributed by atoms with E-state index in [1.807, 2.05) is 77.7 Å². The number of nitro groups is 1. The summed E-state index contributed by atoms with van der Waals surface area (Å²) in [6.45, 7) is -0.210. The van der Waals surface area contributed by atoms with Crippen molar-refractivity contribution in [2.75, 3.05) is 11.4 Å². The molecule has 5 heteroatoms. The maximum absolute atomic E-state index is 11.6. The van der Waals surface area contributed by atoms with Crippen LogP contribution in [0.25, 0.3) is 10.8 Å². The van der Waals surface area contributed by atoms with Crippen LogP contribution < -0.4 is 4.90 Å². The van der Waals surface area contributed by atoms with Crippen molar-refractivity contribution in [1.82, 2.24) is 0 Å². The van der Waals surface area contributed by atoms with Gasteiger partial charge in [-0.25, -0.2) is 4.99 Å². The highest BCUT2D eigenvalue weighted by molar-refractivity contribution is 6.14. The Morgan fingerprint density at radius 2 is 1.53 bits per heavy atom. The van der Waals surface area contributed by atoms with E-state index in [1.54, 1.807) is 0 Å². The molecule has 1 atom stereocenters. The molecular weight excluding hydrogens is 374 g/mol. The van der Waals surface area contributed by atoms with Crippen LogP contribution in [0, 0.1) is 10.1 Å².